The fourth-order valence-electron chi connectivity index (χ4n) is 5.54. The normalized spacial score (nSPS) is 21.0. The summed E-state index contributed by atoms with van der Waals surface area (Å²) >= 11 is 0. The molecule has 1 saturated carbocycles. The van der Waals surface area contributed by atoms with Crippen LogP contribution in [0.25, 0.3) is 44.3 Å². The van der Waals surface area contributed by atoms with Crippen LogP contribution in [0.5, 0.6) is 0 Å². The lowest BCUT2D eigenvalue weighted by atomic mass is 9.99. The second-order valence-corrected chi connectivity index (χ2v) is 9.94. The summed E-state index contributed by atoms with van der Waals surface area (Å²) in [5.74, 6) is -0.510. The lowest BCUT2D eigenvalue weighted by Gasteiger charge is -2.10. The zero-order chi connectivity index (χ0) is 24.4. The highest BCUT2D eigenvalue weighted by Gasteiger charge is 2.56. The molecule has 2 atom stereocenters. The van der Waals surface area contributed by atoms with Gasteiger partial charge in [-0.1, -0.05) is 12.1 Å². The van der Waals surface area contributed by atoms with Crippen LogP contribution in [0.1, 0.15) is 23.2 Å². The molecule has 2 aliphatic rings. The highest BCUT2D eigenvalue weighted by atomic mass is 19.1. The number of amides is 1. The van der Waals surface area contributed by atoms with Crippen molar-refractivity contribution in [3.05, 3.63) is 66.5 Å². The predicted molar refractivity (Wildman–Crippen MR) is 135 cm³/mol. The number of nitrogens with zero attached hydrogens (tertiary/aromatic N) is 4. The van der Waals surface area contributed by atoms with Gasteiger partial charge < -0.3 is 15.6 Å². The molecule has 5 heterocycles. The van der Waals surface area contributed by atoms with E-state index in [1.807, 2.05) is 19.3 Å². The Hall–Kier alpha value is -4.11. The SMILES string of the molecule is Cn1cc(-c2cc3c(cn2)[nH]c2ncc(F)c(-c4ccc(C(=O)N[C@@H]5C[C@]56CCNC6)cc4)c23)cn1. The Labute approximate surface area is 205 Å². The Morgan fingerprint density at radius 1 is 1.17 bits per heavy atom. The van der Waals surface area contributed by atoms with Gasteiger partial charge >= 0.3 is 0 Å². The van der Waals surface area contributed by atoms with Gasteiger partial charge in [-0.2, -0.15) is 5.10 Å². The van der Waals surface area contributed by atoms with Crippen LogP contribution < -0.4 is 10.6 Å². The summed E-state index contributed by atoms with van der Waals surface area (Å²) < 4.78 is 17.0. The molecule has 1 aliphatic heterocycles. The van der Waals surface area contributed by atoms with E-state index in [0.29, 0.717) is 27.7 Å². The van der Waals surface area contributed by atoms with Gasteiger partial charge in [0.05, 0.1) is 29.8 Å². The van der Waals surface area contributed by atoms with Gasteiger partial charge in [0.2, 0.25) is 0 Å². The fourth-order valence-corrected chi connectivity index (χ4v) is 5.54. The molecule has 5 aromatic rings. The maximum Gasteiger partial charge on any atom is 0.251 e. The minimum absolute atomic E-state index is 0.0880. The summed E-state index contributed by atoms with van der Waals surface area (Å²) in [5, 5.41) is 12.3. The van der Waals surface area contributed by atoms with Gasteiger partial charge in [0.25, 0.3) is 5.91 Å². The number of rotatable bonds is 4. The van der Waals surface area contributed by atoms with Crippen molar-refractivity contribution >= 4 is 27.8 Å². The van der Waals surface area contributed by atoms with E-state index in [0.717, 1.165) is 48.1 Å². The number of halogens is 1. The third kappa shape index (κ3) is 3.30. The molecule has 0 bridgehead atoms. The van der Waals surface area contributed by atoms with Crippen LogP contribution >= 0.6 is 0 Å². The van der Waals surface area contributed by atoms with Crippen molar-refractivity contribution in [1.29, 1.82) is 0 Å². The minimum Gasteiger partial charge on any atom is -0.349 e. The maximum absolute atomic E-state index is 15.3. The highest BCUT2D eigenvalue weighted by molar-refractivity contribution is 6.13. The largest absolute Gasteiger partial charge is 0.349 e. The van der Waals surface area contributed by atoms with Crippen molar-refractivity contribution < 1.29 is 9.18 Å². The summed E-state index contributed by atoms with van der Waals surface area (Å²) in [5.41, 5.74) is 4.90. The third-order valence-electron chi connectivity index (χ3n) is 7.67. The van der Waals surface area contributed by atoms with Crippen molar-refractivity contribution in [1.82, 2.24) is 35.4 Å². The lowest BCUT2D eigenvalue weighted by Crippen LogP contribution is -2.30. The third-order valence-corrected chi connectivity index (χ3v) is 7.67. The van der Waals surface area contributed by atoms with E-state index in [9.17, 15) is 4.79 Å². The first-order valence-corrected chi connectivity index (χ1v) is 12.1. The first kappa shape index (κ1) is 21.2. The summed E-state index contributed by atoms with van der Waals surface area (Å²) in [6.45, 7) is 1.98. The number of carbonyl (C=O) groups is 1. The number of hydrogen-bond acceptors (Lipinski definition) is 5. The number of aryl methyl sites for hydroxylation is 1. The Kier molecular flexibility index (Phi) is 4.53. The first-order chi connectivity index (χ1) is 17.5. The number of H-pyrrole nitrogens is 1. The Morgan fingerprint density at radius 3 is 2.78 bits per heavy atom. The predicted octanol–water partition coefficient (Wildman–Crippen LogP) is 3.80. The number of benzene rings is 1. The molecule has 1 amide bonds. The molecule has 2 fully saturated rings. The molecular formula is C27H24FN7O. The number of fused-ring (bicyclic) bond motifs is 3. The van der Waals surface area contributed by atoms with E-state index in [1.165, 1.54) is 6.20 Å². The molecule has 1 aliphatic carbocycles. The molecule has 1 saturated heterocycles. The van der Waals surface area contributed by atoms with E-state index in [4.69, 9.17) is 0 Å². The second kappa shape index (κ2) is 7.69. The number of aromatic nitrogens is 5. The maximum atomic E-state index is 15.3. The molecule has 36 heavy (non-hydrogen) atoms. The number of carbonyl (C=O) groups excluding carboxylic acids is 1. The van der Waals surface area contributed by atoms with Crippen LogP contribution in [0.2, 0.25) is 0 Å². The van der Waals surface area contributed by atoms with E-state index in [1.54, 1.807) is 41.3 Å². The summed E-state index contributed by atoms with van der Waals surface area (Å²) in [6, 6.07) is 9.28. The van der Waals surface area contributed by atoms with Gasteiger partial charge in [0.15, 0.2) is 0 Å². The van der Waals surface area contributed by atoms with Crippen molar-refractivity contribution in [2.24, 2.45) is 12.5 Å². The molecule has 0 radical (unpaired) electrons. The van der Waals surface area contributed by atoms with Gasteiger partial charge in [-0.25, -0.2) is 9.37 Å². The lowest BCUT2D eigenvalue weighted by molar-refractivity contribution is 0.0945. The van der Waals surface area contributed by atoms with E-state index in [-0.39, 0.29) is 17.4 Å². The van der Waals surface area contributed by atoms with Crippen LogP contribution in [0.3, 0.4) is 0 Å². The molecule has 180 valence electrons. The standard InChI is InChI=1S/C27H24FN7O/c1-35-13-17(10-32-35)20-8-18-21(12-30-20)33-25-24(18)23(19(28)11-31-25)15-2-4-16(5-3-15)26(36)34-22-9-27(22)6-7-29-14-27/h2-5,8,10-13,22,29H,6-7,9,14H2,1H3,(H,31,33)(H,34,36)/t22-,27+/m1/s1. The van der Waals surface area contributed by atoms with Crippen LogP contribution in [-0.4, -0.2) is 49.8 Å². The van der Waals surface area contributed by atoms with Crippen LogP contribution in [-0.2, 0) is 7.05 Å². The van der Waals surface area contributed by atoms with Gasteiger partial charge in [-0.05, 0) is 43.1 Å². The van der Waals surface area contributed by atoms with Crippen LogP contribution in [0.15, 0.2) is 55.1 Å². The number of hydrogen-bond donors (Lipinski definition) is 3. The number of nitrogens with one attached hydrogen (secondary N) is 3. The summed E-state index contributed by atoms with van der Waals surface area (Å²) in [6.07, 6.45) is 8.74. The van der Waals surface area contributed by atoms with E-state index in [2.05, 4.69) is 30.7 Å². The van der Waals surface area contributed by atoms with Crippen molar-refractivity contribution in [3.63, 3.8) is 0 Å². The number of pyridine rings is 2. The van der Waals surface area contributed by atoms with E-state index < -0.39 is 5.82 Å². The second-order valence-electron chi connectivity index (χ2n) is 9.94. The average Bonchev–Trinajstić information content (AvgIpc) is 3.28. The smallest absolute Gasteiger partial charge is 0.251 e. The molecule has 3 N–H and O–H groups in total. The fraction of sp³-hybridized carbons (Fsp3) is 0.259. The number of aromatic amines is 1. The van der Waals surface area contributed by atoms with Gasteiger partial charge in [-0.15, -0.1) is 0 Å². The van der Waals surface area contributed by atoms with Crippen molar-refractivity contribution in [2.45, 2.75) is 18.9 Å². The topological polar surface area (TPSA) is 101 Å². The Morgan fingerprint density at radius 2 is 2.03 bits per heavy atom. The van der Waals surface area contributed by atoms with E-state index >= 15 is 4.39 Å². The monoisotopic (exact) mass is 481 g/mol. The van der Waals surface area contributed by atoms with Gasteiger partial charge in [0, 0.05) is 58.7 Å². The summed E-state index contributed by atoms with van der Waals surface area (Å²) in [7, 11) is 1.85. The highest BCUT2D eigenvalue weighted by Crippen LogP contribution is 2.50. The molecule has 4 aromatic heterocycles. The zero-order valence-corrected chi connectivity index (χ0v) is 19.7. The van der Waals surface area contributed by atoms with Gasteiger partial charge in [-0.3, -0.25) is 14.5 Å². The van der Waals surface area contributed by atoms with Gasteiger partial charge in [0.1, 0.15) is 11.5 Å². The van der Waals surface area contributed by atoms with Crippen molar-refractivity contribution in [3.8, 4) is 22.4 Å². The molecule has 0 unspecified atom stereocenters. The molecule has 9 heteroatoms. The zero-order valence-electron chi connectivity index (χ0n) is 19.7. The molecule has 7 rings (SSSR count). The minimum atomic E-state index is -0.422. The quantitative estimate of drug-likeness (QED) is 0.363. The summed E-state index contributed by atoms with van der Waals surface area (Å²) in [4.78, 5) is 24.9. The molecular weight excluding hydrogens is 457 g/mol. The Balaban J connectivity index is 1.25. The molecule has 8 nitrogen and oxygen atoms in total. The Bertz CT molecular complexity index is 1650. The average molecular weight is 482 g/mol. The van der Waals surface area contributed by atoms with Crippen LogP contribution in [0, 0.1) is 11.2 Å². The first-order valence-electron chi connectivity index (χ1n) is 12.1. The molecule has 1 aromatic carbocycles. The molecule has 1 spiro atoms. The van der Waals surface area contributed by atoms with Crippen LogP contribution in [0.4, 0.5) is 4.39 Å². The van der Waals surface area contributed by atoms with Crippen molar-refractivity contribution in [2.75, 3.05) is 13.1 Å².